The number of halogens is 1. The molecule has 0 aromatic rings. The Morgan fingerprint density at radius 3 is 2.17 bits per heavy atom. The highest BCUT2D eigenvalue weighted by Crippen LogP contribution is 2.12. The molecule has 0 bridgehead atoms. The van der Waals surface area contributed by atoms with Crippen LogP contribution in [0.1, 0.15) is 27.2 Å². The van der Waals surface area contributed by atoms with E-state index in [1.807, 2.05) is 0 Å². The van der Waals surface area contributed by atoms with Crippen molar-refractivity contribution < 1.29 is 17.0 Å². The van der Waals surface area contributed by atoms with E-state index >= 15 is 0 Å². The van der Waals surface area contributed by atoms with Gasteiger partial charge in [-0.2, -0.15) is 8.42 Å². The van der Waals surface area contributed by atoms with Gasteiger partial charge in [0.2, 0.25) is 0 Å². The highest BCUT2D eigenvalue weighted by atomic mass is 32.2. The van der Waals surface area contributed by atoms with Crippen molar-refractivity contribution in [2.45, 2.75) is 32.8 Å². The monoisotopic (exact) mass is 198 g/mol. The Labute approximate surface area is 73.0 Å². The van der Waals surface area contributed by atoms with Gasteiger partial charge in [0.25, 0.3) is 10.1 Å². The van der Waals surface area contributed by atoms with Crippen LogP contribution in [0.25, 0.3) is 0 Å². The molecule has 0 saturated carbocycles. The Kier molecular flexibility index (Phi) is 4.13. The molecular formula is C7H15FO3S. The standard InChI is InChI=1S/C7H15FO3S/c1-7(2,3)11-12(9,10)6-4-5-8/h4-6H2,1-3H3. The van der Waals surface area contributed by atoms with Gasteiger partial charge in [0, 0.05) is 0 Å². The molecule has 0 N–H and O–H groups in total. The van der Waals surface area contributed by atoms with E-state index in [9.17, 15) is 12.8 Å². The smallest absolute Gasteiger partial charge is 0.264 e. The van der Waals surface area contributed by atoms with Crippen molar-refractivity contribution in [2.24, 2.45) is 0 Å². The molecule has 0 heterocycles. The molecule has 5 heteroatoms. The molecule has 0 unspecified atom stereocenters. The van der Waals surface area contributed by atoms with Crippen LogP contribution in [0.4, 0.5) is 4.39 Å². The zero-order chi connectivity index (χ0) is 9.83. The van der Waals surface area contributed by atoms with Crippen LogP contribution in [0.15, 0.2) is 0 Å². The molecule has 0 saturated heterocycles. The van der Waals surface area contributed by atoms with Gasteiger partial charge < -0.3 is 0 Å². The molecule has 0 radical (unpaired) electrons. The lowest BCUT2D eigenvalue weighted by atomic mass is 10.2. The van der Waals surface area contributed by atoms with Gasteiger partial charge >= 0.3 is 0 Å². The third kappa shape index (κ3) is 6.54. The second kappa shape index (κ2) is 4.18. The highest BCUT2D eigenvalue weighted by Gasteiger charge is 2.21. The van der Waals surface area contributed by atoms with E-state index in [1.54, 1.807) is 20.8 Å². The van der Waals surface area contributed by atoms with Crippen molar-refractivity contribution in [1.82, 2.24) is 0 Å². The van der Waals surface area contributed by atoms with Crippen molar-refractivity contribution >= 4 is 10.1 Å². The van der Waals surface area contributed by atoms with Crippen molar-refractivity contribution in [3.63, 3.8) is 0 Å². The summed E-state index contributed by atoms with van der Waals surface area (Å²) < 4.78 is 38.4. The van der Waals surface area contributed by atoms with Crippen LogP contribution in [0.5, 0.6) is 0 Å². The van der Waals surface area contributed by atoms with Crippen LogP contribution in [0, 0.1) is 0 Å². The van der Waals surface area contributed by atoms with Crippen molar-refractivity contribution in [2.75, 3.05) is 12.4 Å². The Bertz CT molecular complexity index is 215. The van der Waals surface area contributed by atoms with Crippen molar-refractivity contribution in [3.05, 3.63) is 0 Å². The maximum atomic E-state index is 11.6. The summed E-state index contributed by atoms with van der Waals surface area (Å²) in [5.41, 5.74) is -0.727. The van der Waals surface area contributed by atoms with Crippen LogP contribution in [0.3, 0.4) is 0 Å². The summed E-state index contributed by atoms with van der Waals surface area (Å²) in [6.45, 7) is 4.28. The molecule has 0 amide bonds. The minimum Gasteiger partial charge on any atom is -0.264 e. The topological polar surface area (TPSA) is 43.4 Å². The summed E-state index contributed by atoms with van der Waals surface area (Å²) in [6, 6.07) is 0. The first-order valence-electron chi connectivity index (χ1n) is 3.76. The van der Waals surface area contributed by atoms with Crippen molar-refractivity contribution in [3.8, 4) is 0 Å². The first-order chi connectivity index (χ1) is 5.27. The van der Waals surface area contributed by atoms with Crippen molar-refractivity contribution in [1.29, 1.82) is 0 Å². The molecule has 0 aliphatic rings. The third-order valence-corrected chi connectivity index (χ3v) is 2.45. The summed E-state index contributed by atoms with van der Waals surface area (Å²) in [7, 11) is -3.54. The quantitative estimate of drug-likeness (QED) is 0.643. The Morgan fingerprint density at radius 2 is 1.83 bits per heavy atom. The average molecular weight is 198 g/mol. The van der Waals surface area contributed by atoms with E-state index in [0.29, 0.717) is 0 Å². The van der Waals surface area contributed by atoms with Crippen LogP contribution < -0.4 is 0 Å². The average Bonchev–Trinajstić information content (AvgIpc) is 1.78. The molecule has 0 aliphatic carbocycles. The lowest BCUT2D eigenvalue weighted by Gasteiger charge is -2.18. The first kappa shape index (κ1) is 11.8. The van der Waals surface area contributed by atoms with E-state index in [4.69, 9.17) is 4.18 Å². The molecule has 0 aromatic carbocycles. The van der Waals surface area contributed by atoms with Crippen LogP contribution >= 0.6 is 0 Å². The fraction of sp³-hybridized carbons (Fsp3) is 1.00. The van der Waals surface area contributed by atoms with E-state index < -0.39 is 22.4 Å². The first-order valence-corrected chi connectivity index (χ1v) is 5.34. The van der Waals surface area contributed by atoms with Gasteiger partial charge in [-0.1, -0.05) is 0 Å². The maximum absolute atomic E-state index is 11.6. The molecule has 0 aliphatic heterocycles. The molecule has 3 nitrogen and oxygen atoms in total. The molecule has 74 valence electrons. The zero-order valence-electron chi connectivity index (χ0n) is 7.63. The Balaban J connectivity index is 4.06. The fourth-order valence-electron chi connectivity index (χ4n) is 0.654. The maximum Gasteiger partial charge on any atom is 0.267 e. The molecule has 0 fully saturated rings. The van der Waals surface area contributed by atoms with Gasteiger partial charge in [-0.25, -0.2) is 0 Å². The molecule has 0 atom stereocenters. The lowest BCUT2D eigenvalue weighted by molar-refractivity contribution is 0.139. The predicted octanol–water partition coefficient (Wildman–Crippen LogP) is 1.49. The summed E-state index contributed by atoms with van der Waals surface area (Å²) in [6.07, 6.45) is -0.00157. The van der Waals surface area contributed by atoms with Crippen LogP contribution in [-0.4, -0.2) is 26.4 Å². The number of rotatable bonds is 4. The predicted molar refractivity (Wildman–Crippen MR) is 45.2 cm³/mol. The van der Waals surface area contributed by atoms with Gasteiger partial charge in [0.05, 0.1) is 18.0 Å². The Hall–Kier alpha value is -0.160. The van der Waals surface area contributed by atoms with Gasteiger partial charge in [-0.15, -0.1) is 0 Å². The summed E-state index contributed by atoms with van der Waals surface area (Å²) >= 11 is 0. The number of alkyl halides is 1. The summed E-state index contributed by atoms with van der Waals surface area (Å²) in [5, 5.41) is 0. The van der Waals surface area contributed by atoms with Gasteiger partial charge in [0.1, 0.15) is 0 Å². The Morgan fingerprint density at radius 1 is 1.33 bits per heavy atom. The number of hydrogen-bond donors (Lipinski definition) is 0. The number of hydrogen-bond acceptors (Lipinski definition) is 3. The molecule has 0 aromatic heterocycles. The van der Waals surface area contributed by atoms with Gasteiger partial charge in [-0.3, -0.25) is 8.57 Å². The molecule has 0 spiro atoms. The van der Waals surface area contributed by atoms with Gasteiger partial charge in [-0.05, 0) is 27.2 Å². The van der Waals surface area contributed by atoms with Crippen LogP contribution in [0.2, 0.25) is 0 Å². The van der Waals surface area contributed by atoms with Crippen LogP contribution in [-0.2, 0) is 14.3 Å². The van der Waals surface area contributed by atoms with E-state index in [2.05, 4.69) is 0 Å². The second-order valence-electron chi connectivity index (χ2n) is 3.50. The SMILES string of the molecule is CC(C)(C)OS(=O)(=O)CCCF. The lowest BCUT2D eigenvalue weighted by Crippen LogP contribution is -2.25. The minimum absolute atomic E-state index is 0.00157. The largest absolute Gasteiger partial charge is 0.267 e. The minimum atomic E-state index is -3.54. The normalized spacial score (nSPS) is 13.3. The summed E-state index contributed by atoms with van der Waals surface area (Å²) in [5.74, 6) is -0.249. The third-order valence-electron chi connectivity index (χ3n) is 0.905. The zero-order valence-corrected chi connectivity index (χ0v) is 8.45. The van der Waals surface area contributed by atoms with E-state index in [-0.39, 0.29) is 12.2 Å². The second-order valence-corrected chi connectivity index (χ2v) is 5.19. The molecule has 0 rings (SSSR count). The van der Waals surface area contributed by atoms with Gasteiger partial charge in [0.15, 0.2) is 0 Å². The van der Waals surface area contributed by atoms with E-state index in [0.717, 1.165) is 0 Å². The summed E-state index contributed by atoms with van der Waals surface area (Å²) in [4.78, 5) is 0. The van der Waals surface area contributed by atoms with E-state index in [1.165, 1.54) is 0 Å². The molecule has 12 heavy (non-hydrogen) atoms. The molecular weight excluding hydrogens is 183 g/mol. The fourth-order valence-corrected chi connectivity index (χ4v) is 1.96. The highest BCUT2D eigenvalue weighted by molar-refractivity contribution is 7.86.